The summed E-state index contributed by atoms with van der Waals surface area (Å²) in [4.78, 5) is 20.2. The zero-order valence-electron chi connectivity index (χ0n) is 31.4. The minimum atomic E-state index is 0.636. The number of aromatic nitrogens is 4. The van der Waals surface area contributed by atoms with Crippen molar-refractivity contribution in [3.63, 3.8) is 0 Å². The summed E-state index contributed by atoms with van der Waals surface area (Å²) in [5.41, 5.74) is 10.4. The number of para-hydroxylation sites is 1. The highest BCUT2D eigenvalue weighted by atomic mass is 15.0. The number of hydrogen-bond acceptors (Lipinski definition) is 4. The van der Waals surface area contributed by atoms with E-state index in [1.807, 2.05) is 60.7 Å². The maximum atomic E-state index is 5.34. The van der Waals surface area contributed by atoms with Crippen LogP contribution in [-0.2, 0) is 0 Å². The molecule has 11 aromatic rings. The molecule has 0 N–H and O–H groups in total. The van der Waals surface area contributed by atoms with Crippen LogP contribution in [0.4, 0.5) is 0 Å². The Balaban J connectivity index is 1.03. The van der Waals surface area contributed by atoms with Gasteiger partial charge in [-0.1, -0.05) is 182 Å². The molecule has 0 atom stereocenters. The Kier molecular flexibility index (Phi) is 8.11. The van der Waals surface area contributed by atoms with Gasteiger partial charge in [0, 0.05) is 38.4 Å². The molecule has 0 saturated carbocycles. The van der Waals surface area contributed by atoms with E-state index >= 15 is 0 Å². The van der Waals surface area contributed by atoms with Crippen LogP contribution in [0.3, 0.4) is 0 Å². The summed E-state index contributed by atoms with van der Waals surface area (Å²) < 4.78 is 0. The minimum absolute atomic E-state index is 0.636. The lowest BCUT2D eigenvalue weighted by Crippen LogP contribution is -2.00. The molecule has 0 aliphatic rings. The van der Waals surface area contributed by atoms with Gasteiger partial charge in [0.1, 0.15) is 0 Å². The molecular formula is C54H34N4. The van der Waals surface area contributed by atoms with Gasteiger partial charge in [0.05, 0.1) is 11.2 Å². The molecule has 4 nitrogen and oxygen atoms in total. The molecule has 270 valence electrons. The zero-order chi connectivity index (χ0) is 38.4. The van der Waals surface area contributed by atoms with Crippen molar-refractivity contribution in [2.75, 3.05) is 0 Å². The molecule has 2 aromatic heterocycles. The molecule has 0 spiro atoms. The van der Waals surface area contributed by atoms with Gasteiger partial charge >= 0.3 is 0 Å². The largest absolute Gasteiger partial charge is 0.247 e. The molecule has 0 radical (unpaired) electrons. The highest BCUT2D eigenvalue weighted by molar-refractivity contribution is 6.25. The molecule has 11 rings (SSSR count). The molecule has 9 aromatic carbocycles. The van der Waals surface area contributed by atoms with Crippen molar-refractivity contribution >= 4 is 43.2 Å². The predicted molar refractivity (Wildman–Crippen MR) is 240 cm³/mol. The van der Waals surface area contributed by atoms with Gasteiger partial charge in [0.25, 0.3) is 0 Å². The number of rotatable bonds is 6. The lowest BCUT2D eigenvalue weighted by atomic mass is 9.89. The fourth-order valence-electron chi connectivity index (χ4n) is 8.23. The average molecular weight is 739 g/mol. The second kappa shape index (κ2) is 14.0. The highest BCUT2D eigenvalue weighted by Gasteiger charge is 2.18. The molecule has 0 amide bonds. The second-order valence-corrected chi connectivity index (χ2v) is 14.6. The van der Waals surface area contributed by atoms with Gasteiger partial charge in [0.2, 0.25) is 0 Å². The zero-order valence-corrected chi connectivity index (χ0v) is 31.4. The SMILES string of the molecule is c1ccc(-c2nc(-c3ccccc3)nc(-c3cccc(-c4ccc(-c5cc6c(-c7ccc8ccccc8c7)nc7ccccc7c6c6ccccc56)cc4)c3)n2)cc1. The number of nitrogens with zero attached hydrogens (tertiary/aromatic N) is 4. The van der Waals surface area contributed by atoms with Crippen LogP contribution in [0.1, 0.15) is 0 Å². The van der Waals surface area contributed by atoms with Gasteiger partial charge in [-0.05, 0) is 68.1 Å². The average Bonchev–Trinajstić information content (AvgIpc) is 3.31. The molecule has 0 fully saturated rings. The number of fused-ring (bicyclic) bond motifs is 6. The lowest BCUT2D eigenvalue weighted by Gasteiger charge is -2.16. The van der Waals surface area contributed by atoms with Crippen LogP contribution < -0.4 is 0 Å². The van der Waals surface area contributed by atoms with E-state index in [9.17, 15) is 0 Å². The van der Waals surface area contributed by atoms with Gasteiger partial charge in [-0.3, -0.25) is 0 Å². The Hall–Kier alpha value is -7.82. The van der Waals surface area contributed by atoms with Gasteiger partial charge in [0.15, 0.2) is 17.5 Å². The molecule has 0 bridgehead atoms. The molecular weight excluding hydrogens is 705 g/mol. The van der Waals surface area contributed by atoms with Gasteiger partial charge < -0.3 is 0 Å². The Labute approximate surface area is 335 Å². The highest BCUT2D eigenvalue weighted by Crippen LogP contribution is 2.42. The Morgan fingerprint density at radius 2 is 0.793 bits per heavy atom. The van der Waals surface area contributed by atoms with Gasteiger partial charge in [-0.2, -0.15) is 0 Å². The molecule has 58 heavy (non-hydrogen) atoms. The minimum Gasteiger partial charge on any atom is -0.247 e. The number of pyridine rings is 1. The number of benzene rings is 9. The second-order valence-electron chi connectivity index (χ2n) is 14.6. The molecule has 4 heteroatoms. The first-order valence-electron chi connectivity index (χ1n) is 19.6. The Bertz CT molecular complexity index is 3260. The topological polar surface area (TPSA) is 51.6 Å². The monoisotopic (exact) mass is 738 g/mol. The summed E-state index contributed by atoms with van der Waals surface area (Å²) in [6.07, 6.45) is 0. The van der Waals surface area contributed by atoms with Crippen molar-refractivity contribution in [1.82, 2.24) is 19.9 Å². The van der Waals surface area contributed by atoms with E-state index in [0.29, 0.717) is 17.5 Å². The van der Waals surface area contributed by atoms with Crippen LogP contribution in [0, 0.1) is 0 Å². The summed E-state index contributed by atoms with van der Waals surface area (Å²) in [5.74, 6) is 1.93. The van der Waals surface area contributed by atoms with E-state index in [1.54, 1.807) is 0 Å². The van der Waals surface area contributed by atoms with Gasteiger partial charge in [-0.15, -0.1) is 0 Å². The molecule has 0 saturated heterocycles. The normalized spacial score (nSPS) is 11.4. The summed E-state index contributed by atoms with van der Waals surface area (Å²) in [5, 5.41) is 8.37. The quantitative estimate of drug-likeness (QED) is 0.159. The summed E-state index contributed by atoms with van der Waals surface area (Å²) in [6.45, 7) is 0. The fraction of sp³-hybridized carbons (Fsp3) is 0. The Morgan fingerprint density at radius 3 is 1.52 bits per heavy atom. The maximum absolute atomic E-state index is 5.34. The van der Waals surface area contributed by atoms with Crippen molar-refractivity contribution in [1.29, 1.82) is 0 Å². The summed E-state index contributed by atoms with van der Waals surface area (Å²) in [7, 11) is 0. The van der Waals surface area contributed by atoms with Crippen LogP contribution in [0.25, 0.3) is 111 Å². The van der Waals surface area contributed by atoms with Gasteiger partial charge in [-0.25, -0.2) is 19.9 Å². The first kappa shape index (κ1) is 33.5. The van der Waals surface area contributed by atoms with Crippen LogP contribution in [0.15, 0.2) is 206 Å². The third-order valence-electron chi connectivity index (χ3n) is 11.1. The third-order valence-corrected chi connectivity index (χ3v) is 11.1. The molecule has 0 aliphatic carbocycles. The van der Waals surface area contributed by atoms with E-state index in [0.717, 1.165) is 60.9 Å². The predicted octanol–water partition coefficient (Wildman–Crippen LogP) is 13.9. The maximum Gasteiger partial charge on any atom is 0.164 e. The van der Waals surface area contributed by atoms with Crippen molar-refractivity contribution in [2.45, 2.75) is 0 Å². The van der Waals surface area contributed by atoms with Crippen LogP contribution in [-0.4, -0.2) is 19.9 Å². The van der Waals surface area contributed by atoms with E-state index in [-0.39, 0.29) is 0 Å². The standard InChI is InChI=1S/C54H34N4/c1-3-15-38(16-4-1)52-56-53(39-17-5-2-6-18-39)58-54(57-52)43-21-13-20-41(33-43)36-26-29-37(30-27-36)47-34-48-50(45-23-10-9-22-44(45)47)46-24-11-12-25-49(46)55-51(48)42-31-28-35-14-7-8-19-40(35)32-42/h1-34H. The van der Waals surface area contributed by atoms with Crippen molar-refractivity contribution in [3.8, 4) is 67.7 Å². The first-order chi connectivity index (χ1) is 28.7. The smallest absolute Gasteiger partial charge is 0.164 e. The Morgan fingerprint density at radius 1 is 0.259 bits per heavy atom. The van der Waals surface area contributed by atoms with E-state index < -0.39 is 0 Å². The van der Waals surface area contributed by atoms with E-state index in [2.05, 4.69) is 146 Å². The van der Waals surface area contributed by atoms with Crippen LogP contribution in [0.2, 0.25) is 0 Å². The van der Waals surface area contributed by atoms with Crippen molar-refractivity contribution in [2.24, 2.45) is 0 Å². The molecule has 2 heterocycles. The van der Waals surface area contributed by atoms with Crippen molar-refractivity contribution in [3.05, 3.63) is 206 Å². The molecule has 0 unspecified atom stereocenters. The fourth-order valence-corrected chi connectivity index (χ4v) is 8.23. The van der Waals surface area contributed by atoms with Crippen LogP contribution >= 0.6 is 0 Å². The van der Waals surface area contributed by atoms with E-state index in [1.165, 1.54) is 32.5 Å². The third kappa shape index (κ3) is 5.96. The van der Waals surface area contributed by atoms with E-state index in [4.69, 9.17) is 19.9 Å². The summed E-state index contributed by atoms with van der Waals surface area (Å²) >= 11 is 0. The summed E-state index contributed by atoms with van der Waals surface area (Å²) in [6, 6.07) is 72.4. The van der Waals surface area contributed by atoms with Crippen molar-refractivity contribution < 1.29 is 0 Å². The van der Waals surface area contributed by atoms with Crippen LogP contribution in [0.5, 0.6) is 0 Å². The first-order valence-corrected chi connectivity index (χ1v) is 19.6. The lowest BCUT2D eigenvalue weighted by molar-refractivity contribution is 1.07. The molecule has 0 aliphatic heterocycles. The number of hydrogen-bond donors (Lipinski definition) is 0.